The third-order valence-corrected chi connectivity index (χ3v) is 4.25. The van der Waals surface area contributed by atoms with Crippen LogP contribution in [0.2, 0.25) is 5.02 Å². The molecule has 0 saturated carbocycles. The highest BCUT2D eigenvalue weighted by molar-refractivity contribution is 7.12. The number of halogens is 1. The van der Waals surface area contributed by atoms with Gasteiger partial charge in [0.05, 0.1) is 5.02 Å². The van der Waals surface area contributed by atoms with Crippen LogP contribution >= 0.6 is 22.9 Å². The fourth-order valence-corrected chi connectivity index (χ4v) is 3.13. The Morgan fingerprint density at radius 1 is 1.40 bits per heavy atom. The number of nitrogen functional groups attached to an aromatic ring is 1. The van der Waals surface area contributed by atoms with E-state index in [1.807, 2.05) is 34.5 Å². The van der Waals surface area contributed by atoms with Crippen LogP contribution in [0.3, 0.4) is 0 Å². The third kappa shape index (κ3) is 3.52. The Hall–Kier alpha value is -1.52. The summed E-state index contributed by atoms with van der Waals surface area (Å²) >= 11 is 7.43. The number of carbonyl (C=O) groups excluding carboxylic acids is 1. The van der Waals surface area contributed by atoms with Crippen LogP contribution in [-0.4, -0.2) is 17.4 Å². The summed E-state index contributed by atoms with van der Waals surface area (Å²) in [5.41, 5.74) is 7.52. The van der Waals surface area contributed by atoms with Crippen molar-refractivity contribution in [2.24, 2.45) is 0 Å². The Kier molecular flexibility index (Phi) is 5.04. The predicted octanol–water partition coefficient (Wildman–Crippen LogP) is 4.04. The van der Waals surface area contributed by atoms with Crippen molar-refractivity contribution < 1.29 is 4.79 Å². The van der Waals surface area contributed by atoms with Gasteiger partial charge in [-0.1, -0.05) is 30.7 Å². The van der Waals surface area contributed by atoms with Gasteiger partial charge in [0.25, 0.3) is 5.91 Å². The fraction of sp³-hybridized carbons (Fsp3) is 0.267. The first-order valence-corrected chi connectivity index (χ1v) is 7.74. The number of thiophene rings is 1. The number of hydrogen-bond acceptors (Lipinski definition) is 3. The first-order valence-electron chi connectivity index (χ1n) is 6.48. The summed E-state index contributed by atoms with van der Waals surface area (Å²) in [6.07, 6.45) is 0.900. The molecule has 2 aromatic rings. The second-order valence-electron chi connectivity index (χ2n) is 4.57. The maximum Gasteiger partial charge on any atom is 0.265 e. The lowest BCUT2D eigenvalue weighted by Gasteiger charge is -2.22. The van der Waals surface area contributed by atoms with E-state index in [9.17, 15) is 4.79 Å². The quantitative estimate of drug-likeness (QED) is 0.847. The van der Waals surface area contributed by atoms with E-state index in [1.165, 1.54) is 11.3 Å². The molecule has 3 nitrogen and oxygen atoms in total. The smallest absolute Gasteiger partial charge is 0.265 e. The van der Waals surface area contributed by atoms with Gasteiger partial charge in [-0.3, -0.25) is 4.79 Å². The second kappa shape index (κ2) is 6.77. The van der Waals surface area contributed by atoms with Crippen LogP contribution in [0.25, 0.3) is 0 Å². The van der Waals surface area contributed by atoms with E-state index >= 15 is 0 Å². The van der Waals surface area contributed by atoms with Crippen LogP contribution in [0.15, 0.2) is 35.7 Å². The van der Waals surface area contributed by atoms with Gasteiger partial charge in [-0.2, -0.15) is 0 Å². The van der Waals surface area contributed by atoms with Crippen molar-refractivity contribution in [2.75, 3.05) is 12.3 Å². The topological polar surface area (TPSA) is 46.3 Å². The zero-order valence-corrected chi connectivity index (χ0v) is 12.9. The van der Waals surface area contributed by atoms with Gasteiger partial charge in [0.15, 0.2) is 0 Å². The molecule has 1 heterocycles. The van der Waals surface area contributed by atoms with Crippen molar-refractivity contribution in [3.63, 3.8) is 0 Å². The number of anilines is 1. The molecule has 0 aliphatic heterocycles. The molecule has 1 aromatic carbocycles. The zero-order valence-electron chi connectivity index (χ0n) is 11.3. The minimum absolute atomic E-state index is 0.0192. The van der Waals surface area contributed by atoms with E-state index < -0.39 is 0 Å². The summed E-state index contributed by atoms with van der Waals surface area (Å²) in [7, 11) is 0. The van der Waals surface area contributed by atoms with Crippen molar-refractivity contribution in [3.05, 3.63) is 51.2 Å². The zero-order chi connectivity index (χ0) is 14.5. The largest absolute Gasteiger partial charge is 0.399 e. The molecule has 0 bridgehead atoms. The Morgan fingerprint density at radius 3 is 2.80 bits per heavy atom. The van der Waals surface area contributed by atoms with Gasteiger partial charge in [-0.15, -0.1) is 11.3 Å². The lowest BCUT2D eigenvalue weighted by Crippen LogP contribution is -2.30. The van der Waals surface area contributed by atoms with Crippen LogP contribution in [0.4, 0.5) is 5.69 Å². The van der Waals surface area contributed by atoms with Crippen molar-refractivity contribution in [1.29, 1.82) is 0 Å². The molecule has 0 saturated heterocycles. The molecule has 0 aliphatic carbocycles. The fourth-order valence-electron chi connectivity index (χ4n) is 2.02. The lowest BCUT2D eigenvalue weighted by atomic mass is 10.2. The first-order chi connectivity index (χ1) is 9.61. The average molecular weight is 309 g/mol. The van der Waals surface area contributed by atoms with Gasteiger partial charge in [-0.25, -0.2) is 0 Å². The highest BCUT2D eigenvalue weighted by Gasteiger charge is 2.19. The lowest BCUT2D eigenvalue weighted by molar-refractivity contribution is 0.0748. The maximum atomic E-state index is 12.5. The Morgan fingerprint density at radius 2 is 2.20 bits per heavy atom. The van der Waals surface area contributed by atoms with Gasteiger partial charge in [-0.05, 0) is 35.6 Å². The number of nitrogens with zero attached hydrogens (tertiary/aromatic N) is 1. The Bertz CT molecular complexity index is 597. The third-order valence-electron chi connectivity index (χ3n) is 2.92. The van der Waals surface area contributed by atoms with Crippen LogP contribution < -0.4 is 5.73 Å². The van der Waals surface area contributed by atoms with Crippen LogP contribution in [0.5, 0.6) is 0 Å². The molecule has 0 unspecified atom stereocenters. The van der Waals surface area contributed by atoms with Gasteiger partial charge in [0.2, 0.25) is 0 Å². The Labute approximate surface area is 128 Å². The summed E-state index contributed by atoms with van der Waals surface area (Å²) in [5, 5.41) is 2.36. The number of carbonyl (C=O) groups is 1. The van der Waals surface area contributed by atoms with E-state index in [0.29, 0.717) is 28.7 Å². The van der Waals surface area contributed by atoms with Gasteiger partial charge >= 0.3 is 0 Å². The van der Waals surface area contributed by atoms with E-state index in [1.54, 1.807) is 6.07 Å². The summed E-state index contributed by atoms with van der Waals surface area (Å²) < 4.78 is 0. The molecule has 0 aliphatic rings. The van der Waals surface area contributed by atoms with Crippen LogP contribution in [0, 0.1) is 0 Å². The standard InChI is InChI=1S/C15H17ClN2OS/c1-2-7-18(10-11-4-3-5-12(17)9-11)15(19)14-13(16)6-8-20-14/h3-6,8-9H,2,7,10,17H2,1H3. The molecule has 2 rings (SSSR count). The number of rotatable bonds is 5. The molecule has 20 heavy (non-hydrogen) atoms. The number of nitrogens with two attached hydrogens (primary N) is 1. The molecular weight excluding hydrogens is 292 g/mol. The minimum atomic E-state index is -0.0192. The molecule has 0 fully saturated rings. The number of amides is 1. The van der Waals surface area contributed by atoms with Crippen LogP contribution in [0.1, 0.15) is 28.6 Å². The molecule has 1 aromatic heterocycles. The van der Waals surface area contributed by atoms with Crippen molar-refractivity contribution in [2.45, 2.75) is 19.9 Å². The summed E-state index contributed by atoms with van der Waals surface area (Å²) in [4.78, 5) is 14.9. The molecule has 1 amide bonds. The average Bonchev–Trinajstić information content (AvgIpc) is 2.84. The van der Waals surface area contributed by atoms with Crippen molar-refractivity contribution >= 4 is 34.5 Å². The minimum Gasteiger partial charge on any atom is -0.399 e. The van der Waals surface area contributed by atoms with Crippen molar-refractivity contribution in [1.82, 2.24) is 4.90 Å². The highest BCUT2D eigenvalue weighted by atomic mass is 35.5. The molecule has 0 atom stereocenters. The van der Waals surface area contributed by atoms with E-state index in [-0.39, 0.29) is 5.91 Å². The molecule has 106 valence electrons. The molecular formula is C15H17ClN2OS. The normalized spacial score (nSPS) is 10.5. The monoisotopic (exact) mass is 308 g/mol. The van der Waals surface area contributed by atoms with Gasteiger partial charge in [0.1, 0.15) is 4.88 Å². The number of hydrogen-bond donors (Lipinski definition) is 1. The van der Waals surface area contributed by atoms with Gasteiger partial charge < -0.3 is 10.6 Å². The summed E-state index contributed by atoms with van der Waals surface area (Å²) in [6, 6.07) is 9.36. The van der Waals surface area contributed by atoms with E-state index in [2.05, 4.69) is 6.92 Å². The molecule has 2 N–H and O–H groups in total. The van der Waals surface area contributed by atoms with Gasteiger partial charge in [0, 0.05) is 18.8 Å². The highest BCUT2D eigenvalue weighted by Crippen LogP contribution is 2.24. The Balaban J connectivity index is 2.19. The molecule has 5 heteroatoms. The summed E-state index contributed by atoms with van der Waals surface area (Å²) in [6.45, 7) is 3.30. The molecule has 0 spiro atoms. The first kappa shape index (κ1) is 14.9. The second-order valence-corrected chi connectivity index (χ2v) is 5.89. The van der Waals surface area contributed by atoms with E-state index in [0.717, 1.165) is 12.0 Å². The molecule has 0 radical (unpaired) electrons. The SMILES string of the molecule is CCCN(Cc1cccc(N)c1)C(=O)c1sccc1Cl. The summed E-state index contributed by atoms with van der Waals surface area (Å²) in [5.74, 6) is -0.0192. The predicted molar refractivity (Wildman–Crippen MR) is 85.2 cm³/mol. The number of benzene rings is 1. The van der Waals surface area contributed by atoms with E-state index in [4.69, 9.17) is 17.3 Å². The van der Waals surface area contributed by atoms with Crippen molar-refractivity contribution in [3.8, 4) is 0 Å². The maximum absolute atomic E-state index is 12.5. The van der Waals surface area contributed by atoms with Crippen LogP contribution in [-0.2, 0) is 6.54 Å².